The average molecular weight is 309 g/mol. The Morgan fingerprint density at radius 1 is 1.17 bits per heavy atom. The summed E-state index contributed by atoms with van der Waals surface area (Å²) in [5.74, 6) is -0.142. The van der Waals surface area contributed by atoms with E-state index >= 15 is 0 Å². The lowest BCUT2D eigenvalue weighted by Gasteiger charge is -2.16. The van der Waals surface area contributed by atoms with E-state index in [4.69, 9.17) is 0 Å². The molecule has 1 amide bonds. The molecule has 3 rings (SSSR count). The molecule has 1 fully saturated rings. The summed E-state index contributed by atoms with van der Waals surface area (Å²) in [6.45, 7) is 1.98. The molecule has 1 aromatic carbocycles. The Bertz CT molecular complexity index is 651. The second-order valence-corrected chi connectivity index (χ2v) is 6.16. The molecular weight excluding hydrogens is 286 g/mol. The number of amides is 1. The molecule has 1 aromatic heterocycles. The summed E-state index contributed by atoms with van der Waals surface area (Å²) < 4.78 is 0. The molecule has 4 nitrogen and oxygen atoms in total. The zero-order valence-electron chi connectivity index (χ0n) is 13.5. The van der Waals surface area contributed by atoms with Gasteiger partial charge in [-0.25, -0.2) is 0 Å². The van der Waals surface area contributed by atoms with Crippen LogP contribution in [0.2, 0.25) is 0 Å². The third-order valence-corrected chi connectivity index (χ3v) is 4.37. The van der Waals surface area contributed by atoms with Crippen molar-refractivity contribution in [2.24, 2.45) is 0 Å². The van der Waals surface area contributed by atoms with E-state index in [1.807, 2.05) is 49.4 Å². The first kappa shape index (κ1) is 15.5. The molecular formula is C19H23N3O. The molecule has 0 radical (unpaired) electrons. The first-order valence-electron chi connectivity index (χ1n) is 8.31. The molecule has 120 valence electrons. The van der Waals surface area contributed by atoms with Crippen LogP contribution in [0.15, 0.2) is 48.7 Å². The van der Waals surface area contributed by atoms with Gasteiger partial charge in [-0.1, -0.05) is 43.2 Å². The topological polar surface area (TPSA) is 54.0 Å². The van der Waals surface area contributed by atoms with Crippen LogP contribution < -0.4 is 10.6 Å². The van der Waals surface area contributed by atoms with Gasteiger partial charge in [-0.05, 0) is 37.5 Å². The van der Waals surface area contributed by atoms with Crippen LogP contribution in [-0.2, 0) is 0 Å². The summed E-state index contributed by atoms with van der Waals surface area (Å²) >= 11 is 0. The molecule has 4 heteroatoms. The number of pyridine rings is 1. The van der Waals surface area contributed by atoms with Crippen molar-refractivity contribution < 1.29 is 4.79 Å². The molecule has 1 saturated carbocycles. The summed E-state index contributed by atoms with van der Waals surface area (Å²) in [6, 6.07) is 14.2. The van der Waals surface area contributed by atoms with Crippen LogP contribution in [0.25, 0.3) is 0 Å². The van der Waals surface area contributed by atoms with Crippen molar-refractivity contribution in [3.63, 3.8) is 0 Å². The smallest absolute Gasteiger partial charge is 0.270 e. The lowest BCUT2D eigenvalue weighted by molar-refractivity contribution is 0.0935. The number of nitrogens with zero attached hydrogens (tertiary/aromatic N) is 1. The standard InChI is InChI=1S/C19H23N3O/c1-14(15-7-3-2-4-8-15)21-19(23)18-13-17(11-12-20-18)22-16-9-5-6-10-16/h2-4,7-8,11-14,16H,5-6,9-10H2,1H3,(H,20,22)(H,21,23). The van der Waals surface area contributed by atoms with Gasteiger partial charge in [0.15, 0.2) is 0 Å². The highest BCUT2D eigenvalue weighted by Crippen LogP contribution is 2.22. The molecule has 1 atom stereocenters. The summed E-state index contributed by atoms with van der Waals surface area (Å²) in [4.78, 5) is 16.6. The minimum atomic E-state index is -0.142. The number of rotatable bonds is 5. The van der Waals surface area contributed by atoms with Gasteiger partial charge in [0.05, 0.1) is 6.04 Å². The van der Waals surface area contributed by atoms with Crippen LogP contribution in [-0.4, -0.2) is 16.9 Å². The molecule has 1 heterocycles. The molecule has 0 bridgehead atoms. The quantitative estimate of drug-likeness (QED) is 0.880. The lowest BCUT2D eigenvalue weighted by atomic mass is 10.1. The van der Waals surface area contributed by atoms with Crippen molar-refractivity contribution in [1.82, 2.24) is 10.3 Å². The molecule has 0 saturated heterocycles. The molecule has 1 unspecified atom stereocenters. The van der Waals surface area contributed by atoms with E-state index in [2.05, 4.69) is 15.6 Å². The SMILES string of the molecule is CC(NC(=O)c1cc(NC2CCCC2)ccn1)c1ccccc1. The predicted molar refractivity (Wildman–Crippen MR) is 92.4 cm³/mol. The summed E-state index contributed by atoms with van der Waals surface area (Å²) in [6.07, 6.45) is 6.67. The molecule has 0 aliphatic heterocycles. The highest BCUT2D eigenvalue weighted by Gasteiger charge is 2.16. The molecule has 1 aliphatic rings. The van der Waals surface area contributed by atoms with E-state index < -0.39 is 0 Å². The van der Waals surface area contributed by atoms with Gasteiger partial charge in [-0.15, -0.1) is 0 Å². The van der Waals surface area contributed by atoms with E-state index in [1.165, 1.54) is 25.7 Å². The highest BCUT2D eigenvalue weighted by atomic mass is 16.1. The molecule has 1 aliphatic carbocycles. The lowest BCUT2D eigenvalue weighted by Crippen LogP contribution is -2.27. The number of hydrogen-bond donors (Lipinski definition) is 2. The largest absolute Gasteiger partial charge is 0.382 e. The number of benzene rings is 1. The van der Waals surface area contributed by atoms with E-state index in [-0.39, 0.29) is 11.9 Å². The number of carbonyl (C=O) groups excluding carboxylic acids is 1. The Labute approximate surface area is 137 Å². The van der Waals surface area contributed by atoms with Crippen molar-refractivity contribution in [3.05, 3.63) is 59.9 Å². The van der Waals surface area contributed by atoms with E-state index in [0.29, 0.717) is 11.7 Å². The predicted octanol–water partition coefficient (Wildman–Crippen LogP) is 3.93. The van der Waals surface area contributed by atoms with Gasteiger partial charge in [0.1, 0.15) is 5.69 Å². The van der Waals surface area contributed by atoms with Crippen LogP contribution >= 0.6 is 0 Å². The van der Waals surface area contributed by atoms with Crippen molar-refractivity contribution in [1.29, 1.82) is 0 Å². The summed E-state index contributed by atoms with van der Waals surface area (Å²) in [5.41, 5.74) is 2.52. The van der Waals surface area contributed by atoms with Crippen molar-refractivity contribution in [2.45, 2.75) is 44.7 Å². The maximum absolute atomic E-state index is 12.4. The monoisotopic (exact) mass is 309 g/mol. The van der Waals surface area contributed by atoms with Crippen LogP contribution in [0.3, 0.4) is 0 Å². The van der Waals surface area contributed by atoms with Gasteiger partial charge in [-0.2, -0.15) is 0 Å². The molecule has 2 aromatic rings. The number of nitrogens with one attached hydrogen (secondary N) is 2. The summed E-state index contributed by atoms with van der Waals surface area (Å²) in [5, 5.41) is 6.51. The zero-order chi connectivity index (χ0) is 16.1. The average Bonchev–Trinajstić information content (AvgIpc) is 3.09. The van der Waals surface area contributed by atoms with Gasteiger partial charge in [0.2, 0.25) is 0 Å². The summed E-state index contributed by atoms with van der Waals surface area (Å²) in [7, 11) is 0. The Balaban J connectivity index is 1.65. The van der Waals surface area contributed by atoms with Gasteiger partial charge >= 0.3 is 0 Å². The van der Waals surface area contributed by atoms with Crippen LogP contribution in [0.1, 0.15) is 54.7 Å². The number of hydrogen-bond acceptors (Lipinski definition) is 3. The van der Waals surface area contributed by atoms with E-state index in [1.54, 1.807) is 6.20 Å². The van der Waals surface area contributed by atoms with Crippen molar-refractivity contribution in [3.8, 4) is 0 Å². The maximum atomic E-state index is 12.4. The number of carbonyl (C=O) groups is 1. The Morgan fingerprint density at radius 3 is 2.65 bits per heavy atom. The van der Waals surface area contributed by atoms with Gasteiger partial charge in [0.25, 0.3) is 5.91 Å². The second kappa shape index (κ2) is 7.27. The van der Waals surface area contributed by atoms with Crippen molar-refractivity contribution in [2.75, 3.05) is 5.32 Å². The van der Waals surface area contributed by atoms with E-state index in [9.17, 15) is 4.79 Å². The van der Waals surface area contributed by atoms with E-state index in [0.717, 1.165) is 11.3 Å². The minimum Gasteiger partial charge on any atom is -0.382 e. The minimum absolute atomic E-state index is 0.0445. The first-order valence-corrected chi connectivity index (χ1v) is 8.31. The third-order valence-electron chi connectivity index (χ3n) is 4.37. The Hall–Kier alpha value is -2.36. The Morgan fingerprint density at radius 2 is 1.91 bits per heavy atom. The fourth-order valence-corrected chi connectivity index (χ4v) is 3.05. The van der Waals surface area contributed by atoms with Gasteiger partial charge in [0, 0.05) is 17.9 Å². The zero-order valence-corrected chi connectivity index (χ0v) is 13.5. The van der Waals surface area contributed by atoms with Gasteiger partial charge < -0.3 is 10.6 Å². The normalized spacial score (nSPS) is 16.0. The molecule has 23 heavy (non-hydrogen) atoms. The fraction of sp³-hybridized carbons (Fsp3) is 0.368. The maximum Gasteiger partial charge on any atom is 0.270 e. The fourth-order valence-electron chi connectivity index (χ4n) is 3.05. The number of anilines is 1. The molecule has 0 spiro atoms. The Kier molecular flexibility index (Phi) is 4.91. The van der Waals surface area contributed by atoms with Crippen molar-refractivity contribution >= 4 is 11.6 Å². The third kappa shape index (κ3) is 4.09. The van der Waals surface area contributed by atoms with Crippen LogP contribution in [0.5, 0.6) is 0 Å². The highest BCUT2D eigenvalue weighted by molar-refractivity contribution is 5.93. The van der Waals surface area contributed by atoms with Gasteiger partial charge in [-0.3, -0.25) is 9.78 Å². The first-order chi connectivity index (χ1) is 11.2. The number of aromatic nitrogens is 1. The van der Waals surface area contributed by atoms with Crippen LogP contribution in [0.4, 0.5) is 5.69 Å². The molecule has 2 N–H and O–H groups in total. The van der Waals surface area contributed by atoms with Crippen LogP contribution in [0, 0.1) is 0 Å². The second-order valence-electron chi connectivity index (χ2n) is 6.16.